The van der Waals surface area contributed by atoms with Gasteiger partial charge in [0.25, 0.3) is 0 Å². The molecule has 0 aromatic carbocycles. The van der Waals surface area contributed by atoms with Gasteiger partial charge in [-0.1, -0.05) is 5.21 Å². The second kappa shape index (κ2) is 4.15. The molecule has 3 aromatic rings. The molecule has 0 radical (unpaired) electrons. The van der Waals surface area contributed by atoms with Crippen LogP contribution in [0.1, 0.15) is 5.69 Å². The molecule has 0 saturated carbocycles. The number of aryl methyl sites for hydroxylation is 1. The second-order valence-corrected chi connectivity index (χ2v) is 3.94. The zero-order valence-electron chi connectivity index (χ0n) is 9.85. The molecule has 0 atom stereocenters. The van der Waals surface area contributed by atoms with Gasteiger partial charge in [-0.05, 0) is 6.92 Å². The summed E-state index contributed by atoms with van der Waals surface area (Å²) < 4.78 is 3.46. The van der Waals surface area contributed by atoms with Crippen molar-refractivity contribution in [2.24, 2.45) is 5.73 Å². The lowest BCUT2D eigenvalue weighted by molar-refractivity contribution is 0.598. The molecule has 0 spiro atoms. The molecule has 3 aromatic heterocycles. The topological polar surface area (TPSA) is 99.8 Å². The van der Waals surface area contributed by atoms with Crippen molar-refractivity contribution < 1.29 is 0 Å². The predicted octanol–water partition coefficient (Wildman–Crippen LogP) is -0.350. The SMILES string of the molecule is Cc1cc2nnc(-c3cn(CCN)nn3)n2cn1. The minimum Gasteiger partial charge on any atom is -0.329 e. The van der Waals surface area contributed by atoms with Gasteiger partial charge < -0.3 is 5.73 Å². The maximum Gasteiger partial charge on any atom is 0.191 e. The number of rotatable bonds is 3. The van der Waals surface area contributed by atoms with Crippen LogP contribution in [0.4, 0.5) is 0 Å². The first-order chi connectivity index (χ1) is 8.78. The van der Waals surface area contributed by atoms with E-state index in [2.05, 4.69) is 25.5 Å². The van der Waals surface area contributed by atoms with Crippen LogP contribution >= 0.6 is 0 Å². The van der Waals surface area contributed by atoms with E-state index in [-0.39, 0.29) is 0 Å². The molecule has 18 heavy (non-hydrogen) atoms. The number of hydrogen-bond donors (Lipinski definition) is 1. The van der Waals surface area contributed by atoms with Crippen LogP contribution in [0, 0.1) is 6.92 Å². The smallest absolute Gasteiger partial charge is 0.191 e. The number of aromatic nitrogens is 7. The van der Waals surface area contributed by atoms with Crippen LogP contribution in [-0.2, 0) is 6.54 Å². The van der Waals surface area contributed by atoms with Gasteiger partial charge in [0.05, 0.1) is 12.7 Å². The number of nitrogens with zero attached hydrogens (tertiary/aromatic N) is 7. The highest BCUT2D eigenvalue weighted by atomic mass is 15.4. The molecule has 0 unspecified atom stereocenters. The summed E-state index contributed by atoms with van der Waals surface area (Å²) >= 11 is 0. The van der Waals surface area contributed by atoms with E-state index in [9.17, 15) is 0 Å². The van der Waals surface area contributed by atoms with E-state index < -0.39 is 0 Å². The molecule has 8 nitrogen and oxygen atoms in total. The summed E-state index contributed by atoms with van der Waals surface area (Å²) in [5.74, 6) is 0.626. The standard InChI is InChI=1S/C10H12N8/c1-7-4-9-14-15-10(18(9)6-12-7)8-5-17(3-2-11)16-13-8/h4-6H,2-3,11H2,1H3. The summed E-state index contributed by atoms with van der Waals surface area (Å²) in [5.41, 5.74) is 7.76. The quantitative estimate of drug-likeness (QED) is 0.676. The lowest BCUT2D eigenvalue weighted by Gasteiger charge is -1.96. The van der Waals surface area contributed by atoms with Crippen molar-refractivity contribution in [1.29, 1.82) is 0 Å². The van der Waals surface area contributed by atoms with Crippen molar-refractivity contribution in [2.45, 2.75) is 13.5 Å². The van der Waals surface area contributed by atoms with E-state index in [0.29, 0.717) is 24.6 Å². The fraction of sp³-hybridized carbons (Fsp3) is 0.300. The summed E-state index contributed by atoms with van der Waals surface area (Å²) in [6.45, 7) is 3.05. The summed E-state index contributed by atoms with van der Waals surface area (Å²) in [6.07, 6.45) is 3.48. The maximum atomic E-state index is 5.46. The summed E-state index contributed by atoms with van der Waals surface area (Å²) in [7, 11) is 0. The molecule has 0 bridgehead atoms. The van der Waals surface area contributed by atoms with Crippen LogP contribution in [0.2, 0.25) is 0 Å². The first-order valence-electron chi connectivity index (χ1n) is 5.56. The van der Waals surface area contributed by atoms with Gasteiger partial charge >= 0.3 is 0 Å². The van der Waals surface area contributed by atoms with Crippen LogP contribution in [0.25, 0.3) is 17.2 Å². The molecule has 2 N–H and O–H groups in total. The van der Waals surface area contributed by atoms with E-state index >= 15 is 0 Å². The van der Waals surface area contributed by atoms with Crippen molar-refractivity contribution in [3.8, 4) is 11.5 Å². The maximum absolute atomic E-state index is 5.46. The normalized spacial score (nSPS) is 11.2. The predicted molar refractivity (Wildman–Crippen MR) is 63.6 cm³/mol. The van der Waals surface area contributed by atoms with Crippen LogP contribution in [0.5, 0.6) is 0 Å². The van der Waals surface area contributed by atoms with Crippen LogP contribution in [0.3, 0.4) is 0 Å². The van der Waals surface area contributed by atoms with Crippen LogP contribution < -0.4 is 5.73 Å². The molecule has 0 aliphatic carbocycles. The highest BCUT2D eigenvalue weighted by Crippen LogP contribution is 2.14. The van der Waals surface area contributed by atoms with E-state index in [1.165, 1.54) is 0 Å². The molecular formula is C10H12N8. The van der Waals surface area contributed by atoms with Crippen molar-refractivity contribution in [2.75, 3.05) is 6.54 Å². The Morgan fingerprint density at radius 2 is 2.17 bits per heavy atom. The van der Waals surface area contributed by atoms with E-state index in [0.717, 1.165) is 11.3 Å². The summed E-state index contributed by atoms with van der Waals surface area (Å²) in [4.78, 5) is 4.22. The van der Waals surface area contributed by atoms with Crippen LogP contribution in [0.15, 0.2) is 18.6 Å². The minimum absolute atomic E-state index is 0.518. The Kier molecular flexibility index (Phi) is 2.49. The first-order valence-corrected chi connectivity index (χ1v) is 5.56. The summed E-state index contributed by atoms with van der Waals surface area (Å²) in [5, 5.41) is 16.2. The largest absolute Gasteiger partial charge is 0.329 e. The molecular weight excluding hydrogens is 232 g/mol. The van der Waals surface area contributed by atoms with E-state index in [1.807, 2.05) is 13.0 Å². The van der Waals surface area contributed by atoms with Crippen molar-refractivity contribution in [3.05, 3.63) is 24.3 Å². The molecule has 0 aliphatic heterocycles. The van der Waals surface area contributed by atoms with Gasteiger partial charge in [-0.3, -0.25) is 9.08 Å². The van der Waals surface area contributed by atoms with Gasteiger partial charge in [-0.15, -0.1) is 15.3 Å². The Balaban J connectivity index is 2.07. The molecule has 0 saturated heterocycles. The Morgan fingerprint density at radius 3 is 3.00 bits per heavy atom. The van der Waals surface area contributed by atoms with Gasteiger partial charge in [-0.2, -0.15) is 0 Å². The first kappa shape index (κ1) is 10.8. The fourth-order valence-corrected chi connectivity index (χ4v) is 1.71. The molecule has 0 fully saturated rings. The number of nitrogens with two attached hydrogens (primary N) is 1. The zero-order chi connectivity index (χ0) is 12.5. The van der Waals surface area contributed by atoms with Crippen LogP contribution in [-0.4, -0.2) is 41.1 Å². The third-order valence-electron chi connectivity index (χ3n) is 2.56. The lowest BCUT2D eigenvalue weighted by atomic mass is 10.4. The van der Waals surface area contributed by atoms with Crippen molar-refractivity contribution >= 4 is 5.65 Å². The van der Waals surface area contributed by atoms with Gasteiger partial charge in [0.15, 0.2) is 17.2 Å². The molecule has 0 amide bonds. The zero-order valence-corrected chi connectivity index (χ0v) is 9.85. The average molecular weight is 244 g/mol. The molecule has 0 aliphatic rings. The third-order valence-corrected chi connectivity index (χ3v) is 2.56. The Hall–Kier alpha value is -2.35. The van der Waals surface area contributed by atoms with Crippen molar-refractivity contribution in [3.63, 3.8) is 0 Å². The molecule has 3 heterocycles. The molecule has 3 rings (SSSR count). The monoisotopic (exact) mass is 244 g/mol. The van der Waals surface area contributed by atoms with Gasteiger partial charge in [0, 0.05) is 18.3 Å². The number of hydrogen-bond acceptors (Lipinski definition) is 6. The Morgan fingerprint density at radius 1 is 1.28 bits per heavy atom. The highest BCUT2D eigenvalue weighted by molar-refractivity contribution is 5.53. The second-order valence-electron chi connectivity index (χ2n) is 3.94. The van der Waals surface area contributed by atoms with Gasteiger partial charge in [0.1, 0.15) is 6.33 Å². The van der Waals surface area contributed by atoms with Gasteiger partial charge in [0.2, 0.25) is 0 Å². The van der Waals surface area contributed by atoms with E-state index in [4.69, 9.17) is 5.73 Å². The highest BCUT2D eigenvalue weighted by Gasteiger charge is 2.12. The summed E-state index contributed by atoms with van der Waals surface area (Å²) in [6, 6.07) is 1.86. The third kappa shape index (κ3) is 1.72. The van der Waals surface area contributed by atoms with Crippen molar-refractivity contribution in [1.82, 2.24) is 34.6 Å². The Labute approximate surface area is 102 Å². The average Bonchev–Trinajstić information content (AvgIpc) is 2.95. The number of fused-ring (bicyclic) bond motifs is 1. The molecule has 92 valence electrons. The lowest BCUT2D eigenvalue weighted by Crippen LogP contribution is -2.10. The van der Waals surface area contributed by atoms with E-state index in [1.54, 1.807) is 21.6 Å². The minimum atomic E-state index is 0.518. The fourth-order valence-electron chi connectivity index (χ4n) is 1.71. The Bertz CT molecular complexity index is 682. The molecule has 8 heteroatoms. The van der Waals surface area contributed by atoms with Gasteiger partial charge in [-0.25, -0.2) is 4.98 Å².